The van der Waals surface area contributed by atoms with Crippen LogP contribution in [-0.4, -0.2) is 142 Å². The van der Waals surface area contributed by atoms with Gasteiger partial charge in [-0.1, -0.05) is 0 Å². The van der Waals surface area contributed by atoms with Crippen LogP contribution in [0.4, 0.5) is 0 Å². The van der Waals surface area contributed by atoms with Gasteiger partial charge >= 0.3 is 11.9 Å². The van der Waals surface area contributed by atoms with Gasteiger partial charge in [0.05, 0.1) is 23.0 Å². The maximum Gasteiger partial charge on any atom is 0.338 e. The molecule has 0 radical (unpaired) electrons. The van der Waals surface area contributed by atoms with Crippen LogP contribution in [0.1, 0.15) is 31.8 Å². The lowest BCUT2D eigenvalue weighted by Gasteiger charge is -2.57. The van der Waals surface area contributed by atoms with Gasteiger partial charge in [-0.3, -0.25) is 9.59 Å². The van der Waals surface area contributed by atoms with Crippen LogP contribution in [0.15, 0.2) is 71.8 Å². The van der Waals surface area contributed by atoms with E-state index in [4.69, 9.17) is 23.7 Å². The van der Waals surface area contributed by atoms with Crippen LogP contribution in [0.3, 0.4) is 0 Å². The van der Waals surface area contributed by atoms with Crippen molar-refractivity contribution in [3.05, 3.63) is 94.1 Å². The summed E-state index contributed by atoms with van der Waals surface area (Å²) >= 11 is 0. The Kier molecular flexibility index (Phi) is 8.84. The molecule has 6 aliphatic rings. The van der Waals surface area contributed by atoms with Gasteiger partial charge in [-0.25, -0.2) is 9.59 Å². The van der Waals surface area contributed by atoms with Crippen molar-refractivity contribution in [3.63, 3.8) is 0 Å². The number of aliphatic hydroxyl groups is 4. The van der Waals surface area contributed by atoms with Crippen LogP contribution in [-0.2, 0) is 36.6 Å². The lowest BCUT2D eigenvalue weighted by atomic mass is 9.48. The zero-order valence-corrected chi connectivity index (χ0v) is 33.6. The molecule has 2 bridgehead atoms. The third kappa shape index (κ3) is 5.62. The van der Waals surface area contributed by atoms with E-state index in [1.807, 2.05) is 0 Å². The van der Waals surface area contributed by atoms with Crippen molar-refractivity contribution in [2.45, 2.75) is 60.0 Å². The Balaban J connectivity index is 1.08. The summed E-state index contributed by atoms with van der Waals surface area (Å²) in [6.07, 6.45) is -7.27. The van der Waals surface area contributed by atoms with Gasteiger partial charge in [-0.05, 0) is 47.6 Å². The summed E-state index contributed by atoms with van der Waals surface area (Å²) in [7, 11) is 0. The first-order chi connectivity index (χ1) is 31.4. The highest BCUT2D eigenvalue weighted by atomic mass is 16.8. The minimum atomic E-state index is -3.51. The lowest BCUT2D eigenvalue weighted by Crippen LogP contribution is -2.80. The largest absolute Gasteiger partial charge is 0.508 e. The van der Waals surface area contributed by atoms with Crippen LogP contribution < -0.4 is 9.47 Å². The number of rotatable bonds is 6. The summed E-state index contributed by atoms with van der Waals surface area (Å²) in [4.78, 5) is 56.5. The fourth-order valence-electron chi connectivity index (χ4n) is 10.2. The molecule has 0 aromatic heterocycles. The van der Waals surface area contributed by atoms with Crippen molar-refractivity contribution in [2.75, 3.05) is 0 Å². The van der Waals surface area contributed by atoms with E-state index in [-0.39, 0.29) is 22.6 Å². The lowest BCUT2D eigenvalue weighted by molar-refractivity contribution is -0.287. The van der Waals surface area contributed by atoms with Crippen molar-refractivity contribution in [1.82, 2.24) is 0 Å². The molecule has 67 heavy (non-hydrogen) atoms. The van der Waals surface area contributed by atoms with Gasteiger partial charge in [0, 0.05) is 48.2 Å². The van der Waals surface area contributed by atoms with E-state index in [0.29, 0.717) is 36.4 Å². The van der Waals surface area contributed by atoms with Crippen LogP contribution in [0.2, 0.25) is 0 Å². The molecular weight excluding hydrogens is 896 g/mol. The van der Waals surface area contributed by atoms with Gasteiger partial charge < -0.3 is 95.2 Å². The maximum absolute atomic E-state index is 14.7. The van der Waals surface area contributed by atoms with E-state index >= 15 is 0 Å². The molecular formula is C44H34O23. The second-order valence-electron chi connectivity index (χ2n) is 16.9. The smallest absolute Gasteiger partial charge is 0.338 e. The Morgan fingerprint density at radius 2 is 0.851 bits per heavy atom. The highest BCUT2D eigenvalue weighted by molar-refractivity contribution is 6.08. The first-order valence-electron chi connectivity index (χ1n) is 19.9. The predicted octanol–water partition coefficient (Wildman–Crippen LogP) is -0.365. The van der Waals surface area contributed by atoms with Crippen LogP contribution >= 0.6 is 0 Å². The number of benzene rings is 4. The minimum absolute atomic E-state index is 0.103. The van der Waals surface area contributed by atoms with E-state index in [9.17, 15) is 90.7 Å². The number of hydrogen-bond acceptors (Lipinski definition) is 23. The minimum Gasteiger partial charge on any atom is -0.508 e. The monoisotopic (exact) mass is 930 g/mol. The molecule has 4 heterocycles. The van der Waals surface area contributed by atoms with Crippen molar-refractivity contribution >= 4 is 23.5 Å². The average molecular weight is 931 g/mol. The fraction of sp³-hybridized carbons (Fsp3) is 0.273. The first-order valence-corrected chi connectivity index (χ1v) is 19.9. The Morgan fingerprint density at radius 3 is 1.19 bits per heavy atom. The second kappa shape index (κ2) is 13.8. The number of ether oxygens (including phenoxy) is 5. The molecule has 23 nitrogen and oxygen atoms in total. The molecule has 4 aliphatic heterocycles. The van der Waals surface area contributed by atoms with Gasteiger partial charge in [0.15, 0.2) is 69.5 Å². The molecule has 0 amide bonds. The molecule has 0 saturated carbocycles. The topological polar surface area (TPSA) is 398 Å². The molecule has 0 spiro atoms. The Bertz CT molecular complexity index is 2770. The van der Waals surface area contributed by atoms with Crippen molar-refractivity contribution < 1.29 is 114 Å². The van der Waals surface area contributed by atoms with Crippen LogP contribution in [0, 0.1) is 11.8 Å². The van der Waals surface area contributed by atoms with E-state index in [2.05, 4.69) is 0 Å². The van der Waals surface area contributed by atoms with Crippen LogP contribution in [0.5, 0.6) is 69.0 Å². The standard InChI is InChI=1S/C44H34O23/c45-15-5-21(47)17-9-29(65-39(57)13-1-23(49)33(55)24(50)2-13)35(63-27(17)7-15)19-11-31(53)42(60)38-20(12-32(54)41(59)37(19)43(42,61)67-44(38,41)62)36-30(10-18-22(48)6-16(46)8-28(18)64-36)66-40(58)14-3-25(51)34(56)26(52)4-14/h1-8,11-12,29-30,35-38,45-52,55-56,59-62H,9-10H2/t29-,30-,35-,36-,37?,38?,41?,42?,43?,44?/m1/s1. The second-order valence-corrected chi connectivity index (χ2v) is 16.9. The van der Waals surface area contributed by atoms with Crippen molar-refractivity contribution in [3.8, 4) is 69.0 Å². The number of hydrogen-bond donors (Lipinski definition) is 14. The zero-order valence-electron chi connectivity index (χ0n) is 33.6. The quantitative estimate of drug-likeness (QED) is 0.0866. The number of phenolic OH excluding ortho intramolecular Hbond substituents is 10. The molecule has 10 rings (SSSR count). The molecule has 4 aromatic carbocycles. The molecule has 2 fully saturated rings. The van der Waals surface area contributed by atoms with E-state index in [1.165, 1.54) is 0 Å². The Morgan fingerprint density at radius 1 is 0.507 bits per heavy atom. The molecule has 23 heteroatoms. The summed E-state index contributed by atoms with van der Waals surface area (Å²) in [5, 5.41) is 153. The Labute approximate surface area is 372 Å². The number of esters is 2. The number of ketones is 2. The van der Waals surface area contributed by atoms with Crippen LogP contribution in [0.25, 0.3) is 0 Å². The van der Waals surface area contributed by atoms with E-state index in [0.717, 1.165) is 24.3 Å². The summed E-state index contributed by atoms with van der Waals surface area (Å²) in [6, 6.07) is 6.68. The number of fused-ring (bicyclic) bond motifs is 4. The molecule has 6 unspecified atom stereocenters. The van der Waals surface area contributed by atoms with Gasteiger partial charge in [-0.2, -0.15) is 0 Å². The molecule has 10 atom stereocenters. The van der Waals surface area contributed by atoms with E-state index < -0.39 is 175 Å². The van der Waals surface area contributed by atoms with Gasteiger partial charge in [-0.15, -0.1) is 0 Å². The molecule has 14 N–H and O–H groups in total. The molecule has 4 aromatic rings. The third-order valence-electron chi connectivity index (χ3n) is 13.2. The van der Waals surface area contributed by atoms with E-state index in [1.54, 1.807) is 0 Å². The number of carbonyl (C=O) groups is 4. The number of aromatic hydroxyl groups is 10. The number of carbonyl (C=O) groups excluding carboxylic acids is 4. The predicted molar refractivity (Wildman–Crippen MR) is 211 cm³/mol. The highest BCUT2D eigenvalue weighted by Crippen LogP contribution is 2.72. The summed E-state index contributed by atoms with van der Waals surface area (Å²) in [6.45, 7) is 0. The molecule has 2 saturated heterocycles. The van der Waals surface area contributed by atoms with Gasteiger partial charge in [0.1, 0.15) is 46.7 Å². The maximum atomic E-state index is 14.7. The fourth-order valence-corrected chi connectivity index (χ4v) is 10.2. The summed E-state index contributed by atoms with van der Waals surface area (Å²) in [5.74, 6) is -26.2. The zero-order chi connectivity index (χ0) is 48.2. The molecule has 2 aliphatic carbocycles. The number of phenols is 10. The first kappa shape index (κ1) is 43.0. The summed E-state index contributed by atoms with van der Waals surface area (Å²) in [5.41, 5.74) is -9.43. The normalized spacial score (nSPS) is 31.9. The SMILES string of the molecule is O=C(O[C@@H]1Cc2c(O)cc(O)cc2O[C@@H]1C1=CC(=O)C2(O)C3C([C@H]4Oc5cc(O)cc(O)c5C[C@H]4OC(=O)c4cc(O)c(O)c(O)c4)=CC(=O)C4(O)C1C2(O)OC34O)c1cc(O)c(O)c(O)c1. The summed E-state index contributed by atoms with van der Waals surface area (Å²) < 4.78 is 29.2. The van der Waals surface area contributed by atoms with Gasteiger partial charge in [0.2, 0.25) is 11.6 Å². The van der Waals surface area contributed by atoms with Crippen molar-refractivity contribution in [1.29, 1.82) is 0 Å². The highest BCUT2D eigenvalue weighted by Gasteiger charge is 2.94. The molecule has 348 valence electrons. The Hall–Kier alpha value is -7.96. The van der Waals surface area contributed by atoms with Crippen molar-refractivity contribution in [2.24, 2.45) is 11.8 Å². The third-order valence-corrected chi connectivity index (χ3v) is 13.2. The van der Waals surface area contributed by atoms with Gasteiger partial charge in [0.25, 0.3) is 0 Å². The average Bonchev–Trinajstić information content (AvgIpc) is 3.59.